The number of nitrogens with one attached hydrogen (secondary N) is 1. The third-order valence-corrected chi connectivity index (χ3v) is 5.20. The Morgan fingerprint density at radius 1 is 1.05 bits per heavy atom. The molecule has 0 aliphatic carbocycles. The highest BCUT2D eigenvalue weighted by molar-refractivity contribution is 5.73. The minimum absolute atomic E-state index is 0.159. The number of likely N-dealkylation sites (tertiary alicyclic amines) is 1. The summed E-state index contributed by atoms with van der Waals surface area (Å²) in [7, 11) is 3.67. The molecule has 3 saturated heterocycles. The molecule has 114 valence electrons. The Hall–Kier alpha value is -0.810. The Morgan fingerprint density at radius 3 is 2.50 bits per heavy atom. The smallest absolute Gasteiger partial charge is 0.319 e. The number of amides is 2. The van der Waals surface area contributed by atoms with E-state index in [0.717, 1.165) is 32.0 Å². The number of urea groups is 1. The van der Waals surface area contributed by atoms with Crippen LogP contribution >= 0.6 is 0 Å². The molecule has 3 rings (SSSR count). The summed E-state index contributed by atoms with van der Waals surface area (Å²) < 4.78 is 0. The van der Waals surface area contributed by atoms with Gasteiger partial charge in [0.25, 0.3) is 0 Å². The van der Waals surface area contributed by atoms with E-state index in [2.05, 4.69) is 10.2 Å². The summed E-state index contributed by atoms with van der Waals surface area (Å²) in [4.78, 5) is 18.2. The average Bonchev–Trinajstić information content (AvgIpc) is 3.04. The van der Waals surface area contributed by atoms with Gasteiger partial charge in [0, 0.05) is 51.9 Å². The van der Waals surface area contributed by atoms with E-state index in [1.54, 1.807) is 4.90 Å². The molecule has 3 aliphatic heterocycles. The fraction of sp³-hybridized carbons (Fsp3) is 0.933. The van der Waals surface area contributed by atoms with E-state index >= 15 is 0 Å². The summed E-state index contributed by atoms with van der Waals surface area (Å²) in [6.45, 7) is 4.38. The maximum atomic E-state index is 11.9. The van der Waals surface area contributed by atoms with Crippen molar-refractivity contribution in [2.75, 3.05) is 40.3 Å². The van der Waals surface area contributed by atoms with Gasteiger partial charge in [-0.3, -0.25) is 4.90 Å². The second-order valence-corrected chi connectivity index (χ2v) is 6.75. The van der Waals surface area contributed by atoms with Crippen molar-refractivity contribution in [3.8, 4) is 0 Å². The second-order valence-electron chi connectivity index (χ2n) is 6.75. The molecule has 3 aliphatic rings. The van der Waals surface area contributed by atoms with Gasteiger partial charge < -0.3 is 15.1 Å². The van der Waals surface area contributed by atoms with Crippen molar-refractivity contribution in [1.82, 2.24) is 20.0 Å². The van der Waals surface area contributed by atoms with Crippen molar-refractivity contribution in [3.63, 3.8) is 0 Å². The number of hydrogen-bond acceptors (Lipinski definition) is 3. The van der Waals surface area contributed by atoms with Crippen LogP contribution in [0.25, 0.3) is 0 Å². The Kier molecular flexibility index (Phi) is 4.17. The Balaban J connectivity index is 1.46. The van der Waals surface area contributed by atoms with E-state index in [-0.39, 0.29) is 6.03 Å². The standard InChI is InChI=1S/C15H28N4O/c1-17(2)15(20)19-9-5-12(6-10-19)16-13-7-11-18-8-3-4-14(13)18/h12-14,16H,3-11H2,1-2H3. The van der Waals surface area contributed by atoms with Gasteiger partial charge in [-0.1, -0.05) is 0 Å². The molecule has 0 aromatic carbocycles. The summed E-state index contributed by atoms with van der Waals surface area (Å²) in [6, 6.07) is 2.24. The molecule has 0 aromatic heterocycles. The van der Waals surface area contributed by atoms with Crippen LogP contribution in [0.15, 0.2) is 0 Å². The predicted octanol–water partition coefficient (Wildman–Crippen LogP) is 0.959. The van der Waals surface area contributed by atoms with Crippen LogP contribution in [0.2, 0.25) is 0 Å². The lowest BCUT2D eigenvalue weighted by atomic mass is 10.0. The quantitative estimate of drug-likeness (QED) is 0.819. The molecule has 5 nitrogen and oxygen atoms in total. The molecule has 0 bridgehead atoms. The summed E-state index contributed by atoms with van der Waals surface area (Å²) in [5.74, 6) is 0. The number of nitrogens with zero attached hydrogens (tertiary/aromatic N) is 3. The van der Waals surface area contributed by atoms with Gasteiger partial charge in [0.05, 0.1) is 0 Å². The van der Waals surface area contributed by atoms with Crippen LogP contribution in [0.5, 0.6) is 0 Å². The first-order valence-corrected chi connectivity index (χ1v) is 8.11. The molecular weight excluding hydrogens is 252 g/mol. The lowest BCUT2D eigenvalue weighted by Crippen LogP contribution is -2.51. The molecule has 3 heterocycles. The van der Waals surface area contributed by atoms with Gasteiger partial charge in [0.2, 0.25) is 0 Å². The van der Waals surface area contributed by atoms with E-state index in [1.807, 2.05) is 19.0 Å². The average molecular weight is 280 g/mol. The second kappa shape index (κ2) is 5.90. The van der Waals surface area contributed by atoms with E-state index < -0.39 is 0 Å². The zero-order valence-corrected chi connectivity index (χ0v) is 12.8. The maximum Gasteiger partial charge on any atom is 0.319 e. The molecule has 0 spiro atoms. The van der Waals surface area contributed by atoms with Gasteiger partial charge in [-0.05, 0) is 38.6 Å². The number of hydrogen-bond donors (Lipinski definition) is 1. The number of piperidine rings is 1. The van der Waals surface area contributed by atoms with Gasteiger partial charge in [0.15, 0.2) is 0 Å². The van der Waals surface area contributed by atoms with Crippen LogP contribution in [0.3, 0.4) is 0 Å². The lowest BCUT2D eigenvalue weighted by molar-refractivity contribution is 0.149. The first kappa shape index (κ1) is 14.1. The zero-order valence-electron chi connectivity index (χ0n) is 12.8. The van der Waals surface area contributed by atoms with Crippen LogP contribution in [-0.2, 0) is 0 Å². The van der Waals surface area contributed by atoms with E-state index in [4.69, 9.17) is 0 Å². The molecule has 20 heavy (non-hydrogen) atoms. The first-order valence-electron chi connectivity index (χ1n) is 8.11. The van der Waals surface area contributed by atoms with Crippen LogP contribution < -0.4 is 5.32 Å². The topological polar surface area (TPSA) is 38.8 Å². The molecule has 1 N–H and O–H groups in total. The summed E-state index contributed by atoms with van der Waals surface area (Å²) >= 11 is 0. The van der Waals surface area contributed by atoms with Gasteiger partial charge >= 0.3 is 6.03 Å². The van der Waals surface area contributed by atoms with Gasteiger partial charge in [-0.15, -0.1) is 0 Å². The van der Waals surface area contributed by atoms with Crippen molar-refractivity contribution < 1.29 is 4.79 Å². The SMILES string of the molecule is CN(C)C(=O)N1CCC(NC2CCN3CCCC23)CC1. The van der Waals surface area contributed by atoms with E-state index in [9.17, 15) is 4.79 Å². The molecular formula is C15H28N4O. The van der Waals surface area contributed by atoms with E-state index in [0.29, 0.717) is 12.1 Å². The molecule has 0 saturated carbocycles. The minimum Gasteiger partial charge on any atom is -0.331 e. The number of rotatable bonds is 2. The van der Waals surface area contributed by atoms with Gasteiger partial charge in [-0.2, -0.15) is 0 Å². The number of fused-ring (bicyclic) bond motifs is 1. The van der Waals surface area contributed by atoms with Crippen LogP contribution in [-0.4, -0.2) is 79.1 Å². The highest BCUT2D eigenvalue weighted by Gasteiger charge is 2.38. The molecule has 0 aromatic rings. The van der Waals surface area contributed by atoms with E-state index in [1.165, 1.54) is 32.4 Å². The lowest BCUT2D eigenvalue weighted by Gasteiger charge is -2.36. The van der Waals surface area contributed by atoms with Crippen LogP contribution in [0.1, 0.15) is 32.1 Å². The Labute approximate surface area is 122 Å². The normalized spacial score (nSPS) is 31.6. The fourth-order valence-corrected chi connectivity index (χ4v) is 4.10. The molecule has 0 radical (unpaired) electrons. The van der Waals surface area contributed by atoms with Crippen molar-refractivity contribution in [2.24, 2.45) is 0 Å². The summed E-state index contributed by atoms with van der Waals surface area (Å²) in [6.07, 6.45) is 6.25. The molecule has 3 fully saturated rings. The summed E-state index contributed by atoms with van der Waals surface area (Å²) in [5.41, 5.74) is 0. The number of carbonyl (C=O) groups is 1. The minimum atomic E-state index is 0.159. The van der Waals surface area contributed by atoms with Gasteiger partial charge in [0.1, 0.15) is 0 Å². The zero-order chi connectivity index (χ0) is 14.1. The Morgan fingerprint density at radius 2 is 1.80 bits per heavy atom. The molecule has 2 atom stereocenters. The van der Waals surface area contributed by atoms with Crippen molar-refractivity contribution >= 4 is 6.03 Å². The third-order valence-electron chi connectivity index (χ3n) is 5.20. The Bertz CT molecular complexity index is 352. The van der Waals surface area contributed by atoms with Crippen molar-refractivity contribution in [3.05, 3.63) is 0 Å². The van der Waals surface area contributed by atoms with Crippen molar-refractivity contribution in [1.29, 1.82) is 0 Å². The molecule has 5 heteroatoms. The predicted molar refractivity (Wildman–Crippen MR) is 79.8 cm³/mol. The largest absolute Gasteiger partial charge is 0.331 e. The molecule has 2 unspecified atom stereocenters. The van der Waals surface area contributed by atoms with Crippen LogP contribution in [0, 0.1) is 0 Å². The third kappa shape index (κ3) is 2.79. The van der Waals surface area contributed by atoms with Crippen LogP contribution in [0.4, 0.5) is 4.79 Å². The van der Waals surface area contributed by atoms with Gasteiger partial charge in [-0.25, -0.2) is 4.79 Å². The first-order chi connectivity index (χ1) is 9.65. The number of carbonyl (C=O) groups excluding carboxylic acids is 1. The summed E-state index contributed by atoms with van der Waals surface area (Å²) in [5, 5.41) is 3.88. The molecule has 2 amide bonds. The highest BCUT2D eigenvalue weighted by atomic mass is 16.2. The maximum absolute atomic E-state index is 11.9. The van der Waals surface area contributed by atoms with Crippen molar-refractivity contribution in [2.45, 2.75) is 50.2 Å². The fourth-order valence-electron chi connectivity index (χ4n) is 4.10. The highest BCUT2D eigenvalue weighted by Crippen LogP contribution is 2.28. The monoisotopic (exact) mass is 280 g/mol.